The van der Waals surface area contributed by atoms with Gasteiger partial charge in [0.1, 0.15) is 18.9 Å². The number of hydrogen-bond acceptors (Lipinski definition) is 6. The van der Waals surface area contributed by atoms with E-state index in [9.17, 15) is 24.3 Å². The first kappa shape index (κ1) is 29.3. The van der Waals surface area contributed by atoms with Gasteiger partial charge in [-0.2, -0.15) is 5.10 Å². The molecule has 1 saturated heterocycles. The van der Waals surface area contributed by atoms with Gasteiger partial charge in [0.25, 0.3) is 0 Å². The average Bonchev–Trinajstić information content (AvgIpc) is 3.61. The number of urea groups is 1. The molecule has 0 aromatic rings. The molecule has 0 bridgehead atoms. The number of carboxylic acid groups (broad SMARTS) is 1. The number of nitrogens with one attached hydrogen (secondary N) is 3. The van der Waals surface area contributed by atoms with Crippen LogP contribution < -0.4 is 21.8 Å². The Balaban J connectivity index is 0.00000578. The third kappa shape index (κ3) is 10.4. The first-order valence-corrected chi connectivity index (χ1v) is 11.6. The fraction of sp³-hybridized carbons (Fsp3) is 0.762. The molecule has 12 nitrogen and oxygen atoms in total. The highest BCUT2D eigenvalue weighted by Crippen LogP contribution is 2.27. The Bertz CT molecular complexity index is 720. The van der Waals surface area contributed by atoms with Crippen LogP contribution in [-0.4, -0.2) is 89.9 Å². The zero-order valence-corrected chi connectivity index (χ0v) is 20.5. The normalized spacial score (nSPS) is 18.5. The number of carboxylic acids is 1. The van der Waals surface area contributed by atoms with E-state index in [2.05, 4.69) is 21.1 Å². The first-order chi connectivity index (χ1) is 15.8. The van der Waals surface area contributed by atoms with E-state index in [4.69, 9.17) is 5.84 Å². The fourth-order valence-electron chi connectivity index (χ4n) is 3.89. The average molecular weight is 504 g/mol. The van der Waals surface area contributed by atoms with Crippen LogP contribution >= 0.6 is 12.4 Å². The van der Waals surface area contributed by atoms with Crippen LogP contribution in [0.5, 0.6) is 0 Å². The molecule has 4 amide bonds. The third-order valence-electron chi connectivity index (χ3n) is 5.75. The molecule has 34 heavy (non-hydrogen) atoms. The summed E-state index contributed by atoms with van der Waals surface area (Å²) in [6.45, 7) is 3.99. The van der Waals surface area contributed by atoms with Gasteiger partial charge in [-0.3, -0.25) is 14.4 Å². The van der Waals surface area contributed by atoms with Crippen molar-refractivity contribution in [1.29, 1.82) is 0 Å². The summed E-state index contributed by atoms with van der Waals surface area (Å²) in [7, 11) is 0. The summed E-state index contributed by atoms with van der Waals surface area (Å²) in [4.78, 5) is 52.5. The van der Waals surface area contributed by atoms with E-state index in [0.29, 0.717) is 25.9 Å². The van der Waals surface area contributed by atoms with Gasteiger partial charge in [-0.05, 0) is 38.0 Å². The molecule has 2 fully saturated rings. The number of amides is 4. The lowest BCUT2D eigenvalue weighted by Gasteiger charge is -2.31. The van der Waals surface area contributed by atoms with Crippen molar-refractivity contribution in [3.63, 3.8) is 0 Å². The zero-order chi connectivity index (χ0) is 24.2. The molecule has 1 saturated carbocycles. The van der Waals surface area contributed by atoms with E-state index in [1.807, 2.05) is 11.8 Å². The molecule has 0 aromatic heterocycles. The Hall–Kier alpha value is -2.76. The van der Waals surface area contributed by atoms with Gasteiger partial charge in [0.2, 0.25) is 11.8 Å². The van der Waals surface area contributed by atoms with Crippen molar-refractivity contribution >= 4 is 42.6 Å². The number of carbonyl (C=O) groups is 4. The zero-order valence-electron chi connectivity index (χ0n) is 19.7. The molecule has 1 aliphatic heterocycles. The van der Waals surface area contributed by atoms with Crippen molar-refractivity contribution in [1.82, 2.24) is 25.8 Å². The van der Waals surface area contributed by atoms with Gasteiger partial charge in [-0.25, -0.2) is 4.79 Å². The predicted octanol–water partition coefficient (Wildman–Crippen LogP) is 0.0720. The number of hydrogen-bond donors (Lipinski definition) is 5. The first-order valence-electron chi connectivity index (χ1n) is 11.6. The highest BCUT2D eigenvalue weighted by Gasteiger charge is 2.38. The standard InChI is InChI=1S/C21H37N7O5.ClH/c1-2-3-8-23-21(33)26-17(20(32)28(13-19(30)31)16-6-7-16)10-18(29)24-11-15-5-4-9-27(12-15)14-25-22;/h14-17H,2-13,22H2,1H3,(H,24,29)(H,30,31)(H2,23,26,33);1H/t15-,17-;/m0./s1. The number of carbonyl (C=O) groups excluding carboxylic acids is 3. The number of piperidine rings is 1. The summed E-state index contributed by atoms with van der Waals surface area (Å²) in [5, 5.41) is 20.8. The van der Waals surface area contributed by atoms with Crippen molar-refractivity contribution in [2.75, 3.05) is 32.7 Å². The Labute approximate surface area is 206 Å². The lowest BCUT2D eigenvalue weighted by atomic mass is 9.98. The molecule has 2 atom stereocenters. The smallest absolute Gasteiger partial charge is 0.323 e. The van der Waals surface area contributed by atoms with Crippen molar-refractivity contribution in [2.24, 2.45) is 16.9 Å². The van der Waals surface area contributed by atoms with Crippen LogP contribution in [-0.2, 0) is 14.4 Å². The van der Waals surface area contributed by atoms with E-state index in [1.54, 1.807) is 6.34 Å². The van der Waals surface area contributed by atoms with Gasteiger partial charge in [0.05, 0.1) is 6.42 Å². The lowest BCUT2D eigenvalue weighted by molar-refractivity contribution is -0.146. The van der Waals surface area contributed by atoms with Gasteiger partial charge in [-0.1, -0.05) is 13.3 Å². The maximum atomic E-state index is 13.1. The number of unbranched alkanes of at least 4 members (excludes halogenated alkanes) is 1. The van der Waals surface area contributed by atoms with Crippen LogP contribution in [0.15, 0.2) is 5.10 Å². The summed E-state index contributed by atoms with van der Waals surface area (Å²) >= 11 is 0. The van der Waals surface area contributed by atoms with Crippen molar-refractivity contribution in [3.8, 4) is 0 Å². The number of halogens is 1. The van der Waals surface area contributed by atoms with E-state index >= 15 is 0 Å². The van der Waals surface area contributed by atoms with E-state index in [1.165, 1.54) is 4.90 Å². The molecule has 0 radical (unpaired) electrons. The highest BCUT2D eigenvalue weighted by molar-refractivity contribution is 5.93. The van der Waals surface area contributed by atoms with Crippen LogP contribution in [0.25, 0.3) is 0 Å². The van der Waals surface area contributed by atoms with Crippen molar-refractivity contribution < 1.29 is 24.3 Å². The molecule has 6 N–H and O–H groups in total. The Morgan fingerprint density at radius 2 is 1.97 bits per heavy atom. The quantitative estimate of drug-likeness (QED) is 0.0778. The molecule has 1 heterocycles. The minimum Gasteiger partial charge on any atom is -0.480 e. The molecule has 0 aromatic carbocycles. The molecular weight excluding hydrogens is 466 g/mol. The number of nitrogens with two attached hydrogens (primary N) is 1. The highest BCUT2D eigenvalue weighted by atomic mass is 35.5. The summed E-state index contributed by atoms with van der Waals surface area (Å²) in [6, 6.07) is -1.86. The van der Waals surface area contributed by atoms with Crippen LogP contribution in [0.4, 0.5) is 4.79 Å². The van der Waals surface area contributed by atoms with Crippen LogP contribution in [0.2, 0.25) is 0 Å². The number of aliphatic carboxylic acids is 1. The van der Waals surface area contributed by atoms with Crippen molar-refractivity contribution in [3.05, 3.63) is 0 Å². The topological polar surface area (TPSA) is 169 Å². The third-order valence-corrected chi connectivity index (χ3v) is 5.75. The predicted molar refractivity (Wildman–Crippen MR) is 129 cm³/mol. The molecule has 194 valence electrons. The summed E-state index contributed by atoms with van der Waals surface area (Å²) in [5.41, 5.74) is 0. The van der Waals surface area contributed by atoms with Gasteiger partial charge < -0.3 is 36.7 Å². The van der Waals surface area contributed by atoms with E-state index in [-0.39, 0.29) is 36.7 Å². The summed E-state index contributed by atoms with van der Waals surface area (Å²) < 4.78 is 0. The van der Waals surface area contributed by atoms with Gasteiger partial charge >= 0.3 is 12.0 Å². The molecule has 13 heteroatoms. The minimum atomic E-state index is -1.14. The molecule has 0 unspecified atom stereocenters. The second-order valence-electron chi connectivity index (χ2n) is 8.67. The maximum absolute atomic E-state index is 13.1. The second kappa shape index (κ2) is 15.2. The monoisotopic (exact) mass is 503 g/mol. The maximum Gasteiger partial charge on any atom is 0.323 e. The molecule has 2 aliphatic rings. The fourth-order valence-corrected chi connectivity index (χ4v) is 3.89. The SMILES string of the molecule is CCCCNC(=O)N[C@@H](CC(=O)NC[C@@H]1CCCN(C=NN)C1)C(=O)N(CC(=O)O)C1CC1.Cl. The molecule has 1 aliphatic carbocycles. The Kier molecular flexibility index (Phi) is 13.1. The molecule has 0 spiro atoms. The van der Waals surface area contributed by atoms with Gasteiger partial charge in [0.15, 0.2) is 0 Å². The lowest BCUT2D eigenvalue weighted by Crippen LogP contribution is -2.54. The van der Waals surface area contributed by atoms with Crippen LogP contribution in [0.3, 0.4) is 0 Å². The molecule has 2 rings (SSSR count). The minimum absolute atomic E-state index is 0. The number of nitrogens with zero attached hydrogens (tertiary/aromatic N) is 3. The number of likely N-dealkylation sites (tertiary alicyclic amines) is 1. The number of hydrazone groups is 1. The summed E-state index contributed by atoms with van der Waals surface area (Å²) in [5.74, 6) is 3.37. The molecular formula is C21H38ClN7O5. The van der Waals surface area contributed by atoms with Crippen LogP contribution in [0, 0.1) is 5.92 Å². The summed E-state index contributed by atoms with van der Waals surface area (Å²) in [6.07, 6.45) is 6.34. The second-order valence-corrected chi connectivity index (χ2v) is 8.67. The Morgan fingerprint density at radius 1 is 1.24 bits per heavy atom. The largest absolute Gasteiger partial charge is 0.480 e. The van der Waals surface area contributed by atoms with Gasteiger partial charge in [0, 0.05) is 32.2 Å². The van der Waals surface area contributed by atoms with E-state index < -0.39 is 30.5 Å². The van der Waals surface area contributed by atoms with Crippen LogP contribution in [0.1, 0.15) is 51.9 Å². The van der Waals surface area contributed by atoms with Crippen molar-refractivity contribution in [2.45, 2.75) is 64.0 Å². The van der Waals surface area contributed by atoms with E-state index in [0.717, 1.165) is 38.8 Å². The number of rotatable bonds is 13. The Morgan fingerprint density at radius 3 is 2.59 bits per heavy atom. The van der Waals surface area contributed by atoms with Gasteiger partial charge in [-0.15, -0.1) is 12.4 Å².